The molecule has 0 fully saturated rings. The number of para-hydroxylation sites is 1. The van der Waals surface area contributed by atoms with Crippen LogP contribution in [0.15, 0.2) is 47.6 Å². The number of benzene rings is 2. The van der Waals surface area contributed by atoms with Crippen LogP contribution in [0.1, 0.15) is 18.1 Å². The summed E-state index contributed by atoms with van der Waals surface area (Å²) in [4.78, 5) is 0. The third kappa shape index (κ3) is 5.63. The zero-order valence-corrected chi connectivity index (χ0v) is 15.9. The van der Waals surface area contributed by atoms with Gasteiger partial charge in [0.05, 0.1) is 27.0 Å². The fraction of sp³-hybridized carbons (Fsp3) is 0.263. The van der Waals surface area contributed by atoms with Crippen LogP contribution in [0.25, 0.3) is 0 Å². The Morgan fingerprint density at radius 2 is 1.88 bits per heavy atom. The molecule has 0 saturated heterocycles. The molecule has 2 aromatic rings. The van der Waals surface area contributed by atoms with Crippen molar-refractivity contribution in [1.82, 2.24) is 10.7 Å². The first kappa shape index (κ1) is 19.5. The molecule has 0 aromatic heterocycles. The molecule has 7 heteroatoms. The molecule has 0 saturated carbocycles. The number of rotatable bonds is 8. The molecule has 2 aromatic carbocycles. The Labute approximate surface area is 159 Å². The van der Waals surface area contributed by atoms with Crippen LogP contribution in [0.2, 0.25) is 0 Å². The van der Waals surface area contributed by atoms with E-state index in [2.05, 4.69) is 15.8 Å². The van der Waals surface area contributed by atoms with Crippen molar-refractivity contribution >= 4 is 23.5 Å². The Balaban J connectivity index is 1.86. The van der Waals surface area contributed by atoms with E-state index in [1.54, 1.807) is 20.4 Å². The van der Waals surface area contributed by atoms with E-state index in [4.69, 9.17) is 26.4 Å². The lowest BCUT2D eigenvalue weighted by molar-refractivity contribution is 0.340. The molecular weight excluding hydrogens is 350 g/mol. The second kappa shape index (κ2) is 10.2. The van der Waals surface area contributed by atoms with Gasteiger partial charge in [-0.2, -0.15) is 5.10 Å². The average Bonchev–Trinajstić information content (AvgIpc) is 2.67. The van der Waals surface area contributed by atoms with Crippen molar-refractivity contribution in [2.45, 2.75) is 13.5 Å². The maximum Gasteiger partial charge on any atom is 0.187 e. The van der Waals surface area contributed by atoms with Gasteiger partial charge in [-0.3, -0.25) is 5.43 Å². The Morgan fingerprint density at radius 3 is 2.54 bits per heavy atom. The number of nitrogens with one attached hydrogen (secondary N) is 2. The van der Waals surface area contributed by atoms with Crippen LogP contribution in [0.3, 0.4) is 0 Å². The van der Waals surface area contributed by atoms with Gasteiger partial charge in [0.1, 0.15) is 5.75 Å². The SMILES string of the molecule is CCOc1ccc(CNC(=S)N/N=C/c2cccc(OC)c2OC)cc1. The molecule has 2 rings (SSSR count). The first-order chi connectivity index (χ1) is 12.7. The largest absolute Gasteiger partial charge is 0.494 e. The van der Waals surface area contributed by atoms with Crippen LogP contribution in [0, 0.1) is 0 Å². The highest BCUT2D eigenvalue weighted by Gasteiger charge is 2.07. The molecule has 0 unspecified atom stereocenters. The fourth-order valence-electron chi connectivity index (χ4n) is 2.27. The minimum absolute atomic E-state index is 0.428. The van der Waals surface area contributed by atoms with E-state index in [1.165, 1.54) is 0 Å². The standard InChI is InChI=1S/C19H23N3O3S/c1-4-25-16-10-8-14(9-11-16)12-20-19(26)22-21-13-15-6-5-7-17(23-2)18(15)24-3/h5-11,13H,4,12H2,1-3H3,(H2,20,22,26)/b21-13+. The monoisotopic (exact) mass is 373 g/mol. The lowest BCUT2D eigenvalue weighted by atomic mass is 10.2. The van der Waals surface area contributed by atoms with Crippen molar-refractivity contribution < 1.29 is 14.2 Å². The number of nitrogens with zero attached hydrogens (tertiary/aromatic N) is 1. The summed E-state index contributed by atoms with van der Waals surface area (Å²) >= 11 is 5.23. The van der Waals surface area contributed by atoms with E-state index in [-0.39, 0.29) is 0 Å². The van der Waals surface area contributed by atoms with E-state index >= 15 is 0 Å². The minimum Gasteiger partial charge on any atom is -0.494 e. The molecule has 0 atom stereocenters. The van der Waals surface area contributed by atoms with E-state index in [1.807, 2.05) is 49.4 Å². The van der Waals surface area contributed by atoms with Crippen molar-refractivity contribution in [2.75, 3.05) is 20.8 Å². The van der Waals surface area contributed by atoms with E-state index < -0.39 is 0 Å². The summed E-state index contributed by atoms with van der Waals surface area (Å²) in [6, 6.07) is 13.4. The molecular formula is C19H23N3O3S. The van der Waals surface area contributed by atoms with E-state index in [9.17, 15) is 0 Å². The molecule has 0 aliphatic heterocycles. The lowest BCUT2D eigenvalue weighted by Crippen LogP contribution is -2.31. The average molecular weight is 373 g/mol. The Morgan fingerprint density at radius 1 is 1.12 bits per heavy atom. The van der Waals surface area contributed by atoms with Gasteiger partial charge in [-0.15, -0.1) is 0 Å². The number of hydrogen-bond donors (Lipinski definition) is 2. The van der Waals surface area contributed by atoms with Crippen LogP contribution in [-0.2, 0) is 6.54 Å². The summed E-state index contributed by atoms with van der Waals surface area (Å²) < 4.78 is 16.0. The molecule has 0 spiro atoms. The van der Waals surface area contributed by atoms with Gasteiger partial charge >= 0.3 is 0 Å². The molecule has 26 heavy (non-hydrogen) atoms. The maximum atomic E-state index is 5.42. The van der Waals surface area contributed by atoms with Crippen molar-refractivity contribution in [1.29, 1.82) is 0 Å². The quantitative estimate of drug-likeness (QED) is 0.421. The molecule has 0 amide bonds. The highest BCUT2D eigenvalue weighted by molar-refractivity contribution is 7.80. The summed E-state index contributed by atoms with van der Waals surface area (Å²) in [7, 11) is 3.18. The Bertz CT molecular complexity index is 748. The topological polar surface area (TPSA) is 64.1 Å². The molecule has 0 bridgehead atoms. The Hall–Kier alpha value is -2.80. The van der Waals surface area contributed by atoms with Gasteiger partial charge in [-0.25, -0.2) is 0 Å². The van der Waals surface area contributed by atoms with Gasteiger partial charge in [-0.05, 0) is 49.0 Å². The molecule has 138 valence electrons. The third-order valence-corrected chi connectivity index (χ3v) is 3.73. The van der Waals surface area contributed by atoms with Crippen LogP contribution in [0.5, 0.6) is 17.2 Å². The van der Waals surface area contributed by atoms with Crippen LogP contribution in [-0.4, -0.2) is 32.2 Å². The van der Waals surface area contributed by atoms with Gasteiger partial charge in [0.15, 0.2) is 16.6 Å². The summed E-state index contributed by atoms with van der Waals surface area (Å²) in [5, 5.41) is 7.67. The van der Waals surface area contributed by atoms with Crippen molar-refractivity contribution in [3.05, 3.63) is 53.6 Å². The second-order valence-electron chi connectivity index (χ2n) is 5.21. The number of ether oxygens (including phenoxy) is 3. The van der Waals surface area contributed by atoms with Gasteiger partial charge < -0.3 is 19.5 Å². The third-order valence-electron chi connectivity index (χ3n) is 3.49. The highest BCUT2D eigenvalue weighted by Crippen LogP contribution is 2.29. The molecule has 0 aliphatic rings. The fourth-order valence-corrected chi connectivity index (χ4v) is 2.39. The summed E-state index contributed by atoms with van der Waals surface area (Å²) in [5.41, 5.74) is 4.67. The lowest BCUT2D eigenvalue weighted by Gasteiger charge is -2.10. The number of thiocarbonyl (C=S) groups is 1. The smallest absolute Gasteiger partial charge is 0.187 e. The normalized spacial score (nSPS) is 10.4. The Kier molecular flexibility index (Phi) is 7.70. The van der Waals surface area contributed by atoms with Crippen LogP contribution in [0.4, 0.5) is 0 Å². The predicted octanol–water partition coefficient (Wildman–Crippen LogP) is 3.10. The van der Waals surface area contributed by atoms with Gasteiger partial charge in [0.2, 0.25) is 0 Å². The van der Waals surface area contributed by atoms with Gasteiger partial charge in [0, 0.05) is 12.1 Å². The van der Waals surface area contributed by atoms with Crippen LogP contribution < -0.4 is 25.0 Å². The molecule has 0 aliphatic carbocycles. The number of hydrogen-bond acceptors (Lipinski definition) is 5. The molecule has 0 heterocycles. The van der Waals surface area contributed by atoms with Crippen molar-refractivity contribution in [2.24, 2.45) is 5.10 Å². The summed E-state index contributed by atoms with van der Waals surface area (Å²) in [5.74, 6) is 2.12. The predicted molar refractivity (Wildman–Crippen MR) is 107 cm³/mol. The number of hydrazone groups is 1. The number of methoxy groups -OCH3 is 2. The molecule has 6 nitrogen and oxygen atoms in total. The van der Waals surface area contributed by atoms with E-state index in [0.29, 0.717) is 29.8 Å². The summed E-state index contributed by atoms with van der Waals surface area (Å²) in [6.45, 7) is 3.21. The van der Waals surface area contributed by atoms with Crippen molar-refractivity contribution in [3.8, 4) is 17.2 Å². The first-order valence-electron chi connectivity index (χ1n) is 8.17. The summed E-state index contributed by atoms with van der Waals surface area (Å²) in [6.07, 6.45) is 1.63. The first-order valence-corrected chi connectivity index (χ1v) is 8.58. The van der Waals surface area contributed by atoms with Gasteiger partial charge in [0.25, 0.3) is 0 Å². The van der Waals surface area contributed by atoms with Gasteiger partial charge in [-0.1, -0.05) is 18.2 Å². The molecule has 0 radical (unpaired) electrons. The van der Waals surface area contributed by atoms with E-state index in [0.717, 1.165) is 16.9 Å². The molecule has 2 N–H and O–H groups in total. The maximum absolute atomic E-state index is 5.42. The zero-order valence-electron chi connectivity index (χ0n) is 15.1. The second-order valence-corrected chi connectivity index (χ2v) is 5.62. The van der Waals surface area contributed by atoms with Crippen LogP contribution >= 0.6 is 12.2 Å². The minimum atomic E-state index is 0.428. The van der Waals surface area contributed by atoms with Crippen molar-refractivity contribution in [3.63, 3.8) is 0 Å². The highest BCUT2D eigenvalue weighted by atomic mass is 32.1. The zero-order chi connectivity index (χ0) is 18.8.